The largest absolute Gasteiger partial charge is 0.383 e. The van der Waals surface area contributed by atoms with Gasteiger partial charge in [0.2, 0.25) is 0 Å². The van der Waals surface area contributed by atoms with Crippen LogP contribution in [0.15, 0.2) is 28.7 Å². The van der Waals surface area contributed by atoms with Crippen LogP contribution in [0.4, 0.5) is 0 Å². The average Bonchev–Trinajstić information content (AvgIpc) is 2.04. The van der Waals surface area contributed by atoms with Gasteiger partial charge in [-0.25, -0.2) is 5.90 Å². The molecule has 0 fully saturated rings. The highest BCUT2D eigenvalue weighted by Crippen LogP contribution is 2.27. The highest BCUT2D eigenvalue weighted by molar-refractivity contribution is 9.10. The molecule has 3 N–H and O–H groups in total. The molecular formula is C9H12BrNO2. The van der Waals surface area contributed by atoms with E-state index in [2.05, 4.69) is 20.8 Å². The van der Waals surface area contributed by atoms with Crippen molar-refractivity contribution in [3.63, 3.8) is 0 Å². The van der Waals surface area contributed by atoms with Crippen LogP contribution in [0.2, 0.25) is 0 Å². The molecule has 1 atom stereocenters. The Morgan fingerprint density at radius 1 is 1.54 bits per heavy atom. The van der Waals surface area contributed by atoms with Crippen LogP contribution in [0.3, 0.4) is 0 Å². The zero-order chi connectivity index (χ0) is 9.90. The van der Waals surface area contributed by atoms with E-state index in [1.54, 1.807) is 6.92 Å². The molecule has 1 rings (SSSR count). The molecule has 0 saturated heterocycles. The fourth-order valence-corrected chi connectivity index (χ4v) is 1.85. The molecule has 0 aliphatic rings. The zero-order valence-electron chi connectivity index (χ0n) is 7.33. The van der Waals surface area contributed by atoms with Gasteiger partial charge >= 0.3 is 0 Å². The number of benzene rings is 1. The molecule has 0 aromatic heterocycles. The molecule has 0 radical (unpaired) electrons. The molecule has 3 nitrogen and oxygen atoms in total. The fourth-order valence-electron chi connectivity index (χ4n) is 1.14. The van der Waals surface area contributed by atoms with E-state index >= 15 is 0 Å². The third kappa shape index (κ3) is 2.51. The molecule has 4 heteroatoms. The molecule has 0 aliphatic heterocycles. The summed E-state index contributed by atoms with van der Waals surface area (Å²) in [5.74, 6) is 4.93. The lowest BCUT2D eigenvalue weighted by atomic mass is 9.97. The van der Waals surface area contributed by atoms with Gasteiger partial charge in [0.1, 0.15) is 12.2 Å². The summed E-state index contributed by atoms with van der Waals surface area (Å²) >= 11 is 3.35. The topological polar surface area (TPSA) is 55.5 Å². The Morgan fingerprint density at radius 2 is 2.15 bits per heavy atom. The molecule has 13 heavy (non-hydrogen) atoms. The Labute approximate surface area is 85.6 Å². The third-order valence-electron chi connectivity index (χ3n) is 1.82. The summed E-state index contributed by atoms with van der Waals surface area (Å²) in [7, 11) is 0. The molecule has 72 valence electrons. The first-order valence-corrected chi connectivity index (χ1v) is 4.66. The molecular weight excluding hydrogens is 234 g/mol. The minimum absolute atomic E-state index is 0.0651. The third-order valence-corrected chi connectivity index (χ3v) is 2.51. The van der Waals surface area contributed by atoms with Gasteiger partial charge in [-0.05, 0) is 18.6 Å². The highest BCUT2D eigenvalue weighted by atomic mass is 79.9. The van der Waals surface area contributed by atoms with Gasteiger partial charge in [-0.2, -0.15) is 0 Å². The Hall–Kier alpha value is -0.420. The predicted octanol–water partition coefficient (Wildman–Crippen LogP) is 1.55. The minimum atomic E-state index is -1.06. The number of hydrogen-bond acceptors (Lipinski definition) is 3. The predicted molar refractivity (Wildman–Crippen MR) is 53.9 cm³/mol. The SMILES string of the molecule is CC(O)(CON)c1ccccc1Br. The summed E-state index contributed by atoms with van der Waals surface area (Å²) in [6.45, 7) is 1.72. The second kappa shape index (κ2) is 4.19. The number of aliphatic hydroxyl groups is 1. The number of hydrogen-bond donors (Lipinski definition) is 2. The van der Waals surface area contributed by atoms with Crippen LogP contribution < -0.4 is 5.90 Å². The number of rotatable bonds is 3. The van der Waals surface area contributed by atoms with E-state index in [-0.39, 0.29) is 6.61 Å². The van der Waals surface area contributed by atoms with Crippen LogP contribution in [0, 0.1) is 0 Å². The maximum Gasteiger partial charge on any atom is 0.113 e. The van der Waals surface area contributed by atoms with Crippen molar-refractivity contribution in [3.05, 3.63) is 34.3 Å². The second-order valence-corrected chi connectivity index (χ2v) is 3.92. The maximum absolute atomic E-state index is 9.93. The lowest BCUT2D eigenvalue weighted by Crippen LogP contribution is -2.29. The Kier molecular flexibility index (Phi) is 3.44. The standard InChI is InChI=1S/C9H12BrNO2/c1-9(12,6-13-11)7-4-2-3-5-8(7)10/h2-5,12H,6,11H2,1H3. The normalized spacial score (nSPS) is 15.4. The summed E-state index contributed by atoms with van der Waals surface area (Å²) in [5.41, 5.74) is -0.296. The van der Waals surface area contributed by atoms with Gasteiger partial charge in [-0.15, -0.1) is 0 Å². The molecule has 0 bridgehead atoms. The number of nitrogens with two attached hydrogens (primary N) is 1. The van der Waals surface area contributed by atoms with Gasteiger partial charge < -0.3 is 9.94 Å². The Bertz CT molecular complexity index is 289. The molecule has 0 aliphatic carbocycles. The van der Waals surface area contributed by atoms with Crippen LogP contribution in [-0.2, 0) is 10.4 Å². The first kappa shape index (κ1) is 10.7. The van der Waals surface area contributed by atoms with E-state index in [4.69, 9.17) is 5.90 Å². The molecule has 1 unspecified atom stereocenters. The van der Waals surface area contributed by atoms with Crippen molar-refractivity contribution < 1.29 is 9.94 Å². The van der Waals surface area contributed by atoms with E-state index in [0.29, 0.717) is 0 Å². The van der Waals surface area contributed by atoms with Crippen LogP contribution in [-0.4, -0.2) is 11.7 Å². The fraction of sp³-hybridized carbons (Fsp3) is 0.333. The Balaban J connectivity index is 2.99. The van der Waals surface area contributed by atoms with Gasteiger partial charge in [-0.3, -0.25) is 0 Å². The first-order valence-electron chi connectivity index (χ1n) is 3.87. The van der Waals surface area contributed by atoms with Crippen molar-refractivity contribution >= 4 is 15.9 Å². The van der Waals surface area contributed by atoms with Crippen molar-refractivity contribution in [3.8, 4) is 0 Å². The lowest BCUT2D eigenvalue weighted by molar-refractivity contribution is -0.0391. The van der Waals surface area contributed by atoms with Crippen LogP contribution in [0.5, 0.6) is 0 Å². The summed E-state index contributed by atoms with van der Waals surface area (Å²) in [5, 5.41) is 9.93. The highest BCUT2D eigenvalue weighted by Gasteiger charge is 2.25. The van der Waals surface area contributed by atoms with E-state index < -0.39 is 5.60 Å². The van der Waals surface area contributed by atoms with E-state index in [1.807, 2.05) is 24.3 Å². The molecule has 0 spiro atoms. The van der Waals surface area contributed by atoms with Crippen molar-refractivity contribution in [1.29, 1.82) is 0 Å². The molecule has 1 aromatic rings. The molecule has 1 aromatic carbocycles. The smallest absolute Gasteiger partial charge is 0.113 e. The van der Waals surface area contributed by atoms with Gasteiger partial charge in [0.15, 0.2) is 0 Å². The molecule has 0 amide bonds. The minimum Gasteiger partial charge on any atom is -0.383 e. The van der Waals surface area contributed by atoms with Crippen LogP contribution in [0.1, 0.15) is 12.5 Å². The van der Waals surface area contributed by atoms with Gasteiger partial charge in [0.25, 0.3) is 0 Å². The average molecular weight is 246 g/mol. The van der Waals surface area contributed by atoms with Gasteiger partial charge in [-0.1, -0.05) is 34.1 Å². The van der Waals surface area contributed by atoms with Gasteiger partial charge in [0, 0.05) is 4.47 Å². The molecule has 0 saturated carbocycles. The zero-order valence-corrected chi connectivity index (χ0v) is 8.91. The van der Waals surface area contributed by atoms with E-state index in [9.17, 15) is 5.11 Å². The van der Waals surface area contributed by atoms with E-state index in [1.165, 1.54) is 0 Å². The summed E-state index contributed by atoms with van der Waals surface area (Å²) < 4.78 is 0.844. The van der Waals surface area contributed by atoms with Crippen LogP contribution >= 0.6 is 15.9 Å². The summed E-state index contributed by atoms with van der Waals surface area (Å²) in [6, 6.07) is 7.42. The summed E-state index contributed by atoms with van der Waals surface area (Å²) in [4.78, 5) is 4.45. The summed E-state index contributed by atoms with van der Waals surface area (Å²) in [6.07, 6.45) is 0. The lowest BCUT2D eigenvalue weighted by Gasteiger charge is -2.23. The number of halogens is 1. The maximum atomic E-state index is 9.93. The monoisotopic (exact) mass is 245 g/mol. The van der Waals surface area contributed by atoms with Crippen LogP contribution in [0.25, 0.3) is 0 Å². The molecule has 0 heterocycles. The quantitative estimate of drug-likeness (QED) is 0.795. The van der Waals surface area contributed by atoms with Crippen molar-refractivity contribution in [2.75, 3.05) is 6.61 Å². The van der Waals surface area contributed by atoms with Crippen molar-refractivity contribution in [2.45, 2.75) is 12.5 Å². The second-order valence-electron chi connectivity index (χ2n) is 3.06. The van der Waals surface area contributed by atoms with Crippen molar-refractivity contribution in [2.24, 2.45) is 5.90 Å². The van der Waals surface area contributed by atoms with E-state index in [0.717, 1.165) is 10.0 Å². The first-order chi connectivity index (χ1) is 6.08. The van der Waals surface area contributed by atoms with Crippen molar-refractivity contribution in [1.82, 2.24) is 0 Å². The Morgan fingerprint density at radius 3 is 2.69 bits per heavy atom. The van der Waals surface area contributed by atoms with Gasteiger partial charge in [0.05, 0.1) is 0 Å².